The highest BCUT2D eigenvalue weighted by Crippen LogP contribution is 2.58. The lowest BCUT2D eigenvalue weighted by Gasteiger charge is -2.54. The fourth-order valence-corrected chi connectivity index (χ4v) is 12.9. The molecule has 6 aromatic carbocycles. The highest BCUT2D eigenvalue weighted by Gasteiger charge is 2.52. The van der Waals surface area contributed by atoms with Gasteiger partial charge in [-0.2, -0.15) is 0 Å². The molecule has 0 saturated heterocycles. The third-order valence-corrected chi connectivity index (χ3v) is 16.8. The minimum absolute atomic E-state index is 0.0140. The van der Waals surface area contributed by atoms with Crippen molar-refractivity contribution in [2.75, 3.05) is 4.90 Å². The van der Waals surface area contributed by atoms with E-state index in [-0.39, 0.29) is 40.5 Å². The van der Waals surface area contributed by atoms with Crippen LogP contribution in [0.3, 0.4) is 0 Å². The van der Waals surface area contributed by atoms with E-state index in [9.17, 15) is 0 Å². The second-order valence-corrected chi connectivity index (χ2v) is 23.5. The Morgan fingerprint density at radius 1 is 0.516 bits per heavy atom. The van der Waals surface area contributed by atoms with E-state index >= 15 is 0 Å². The first-order valence-corrected chi connectivity index (χ1v) is 23.5. The van der Waals surface area contributed by atoms with E-state index in [1.165, 1.54) is 86.8 Å². The van der Waals surface area contributed by atoms with Crippen LogP contribution in [0.5, 0.6) is 0 Å². The summed E-state index contributed by atoms with van der Waals surface area (Å²) in [6, 6.07) is 37.4. The van der Waals surface area contributed by atoms with Gasteiger partial charge in [-0.05, 0) is 115 Å². The Balaban J connectivity index is 1.31. The van der Waals surface area contributed by atoms with Crippen LogP contribution in [0, 0.1) is 0 Å². The van der Waals surface area contributed by atoms with Gasteiger partial charge in [0.25, 0.3) is 0 Å². The van der Waals surface area contributed by atoms with E-state index in [0.717, 1.165) is 33.2 Å². The van der Waals surface area contributed by atoms with E-state index < -0.39 is 5.11 Å². The quantitative estimate of drug-likeness (QED) is 0.198. The summed E-state index contributed by atoms with van der Waals surface area (Å²) in [5.41, 5.74) is 21.9. The summed E-state index contributed by atoms with van der Waals surface area (Å²) < 4.78 is 0. The minimum Gasteiger partial charge on any atom is -0.313 e. The zero-order valence-corrected chi connectivity index (χ0v) is 39.6. The van der Waals surface area contributed by atoms with Gasteiger partial charge < -0.3 is 4.90 Å². The zero-order chi connectivity index (χ0) is 45.4. The largest absolute Gasteiger partial charge is 0.313 e. The van der Waals surface area contributed by atoms with Gasteiger partial charge >= 0.3 is 0 Å². The summed E-state index contributed by atoms with van der Waals surface area (Å²) in [6.45, 7) is 22.8. The Kier molecular flexibility index (Phi) is 8.81. The molecular weight excluding hydrogens is 762 g/mol. The molecule has 6 aliphatic rings. The number of anilines is 3. The summed E-state index contributed by atoms with van der Waals surface area (Å²) in [4.78, 5) is 2.54. The van der Waals surface area contributed by atoms with Crippen LogP contribution in [0.1, 0.15) is 134 Å². The third-order valence-electron chi connectivity index (χ3n) is 16.8. The predicted molar refractivity (Wildman–Crippen MR) is 281 cm³/mol. The van der Waals surface area contributed by atoms with Gasteiger partial charge in [0.15, 0.2) is 0 Å². The van der Waals surface area contributed by atoms with Crippen LogP contribution in [0.25, 0.3) is 11.1 Å². The van der Waals surface area contributed by atoms with Gasteiger partial charge in [-0.3, -0.25) is 0 Å². The van der Waals surface area contributed by atoms with Gasteiger partial charge in [-0.25, -0.2) is 0 Å². The van der Waals surface area contributed by atoms with Crippen molar-refractivity contribution in [1.29, 1.82) is 0 Å². The molecule has 2 aliphatic heterocycles. The van der Waals surface area contributed by atoms with E-state index in [1.54, 1.807) is 0 Å². The highest BCUT2D eigenvalue weighted by molar-refractivity contribution is 7.04. The first kappa shape index (κ1) is 42.2. The molecule has 0 amide bonds. The number of hydrogen-bond donors (Lipinski definition) is 0. The molecule has 2 bridgehead atoms. The van der Waals surface area contributed by atoms with Crippen LogP contribution < -0.4 is 48.6 Å². The first-order valence-electron chi connectivity index (χ1n) is 23.5. The summed E-state index contributed by atoms with van der Waals surface area (Å²) in [5.74, 6) is 0. The van der Waals surface area contributed by atoms with E-state index in [0.29, 0.717) is 16.5 Å². The molecule has 8 heteroatoms. The maximum Gasteiger partial charge on any atom is 0.245 e. The van der Waals surface area contributed by atoms with Crippen molar-refractivity contribution in [2.24, 2.45) is 0 Å². The summed E-state index contributed by atoms with van der Waals surface area (Å²) in [7, 11) is 35.9. The molecule has 4 aliphatic carbocycles. The number of hydrogen-bond acceptors (Lipinski definition) is 1. The Hall–Kier alpha value is -4.43. The van der Waals surface area contributed by atoms with Gasteiger partial charge in [0.1, 0.15) is 15.7 Å². The van der Waals surface area contributed by atoms with Crippen molar-refractivity contribution in [3.8, 4) is 11.1 Å². The van der Waals surface area contributed by atoms with Crippen LogP contribution >= 0.6 is 0 Å². The van der Waals surface area contributed by atoms with Crippen molar-refractivity contribution in [1.82, 2.24) is 0 Å². The fraction of sp³-hybridized carbons (Fsp3) is 0.357. The monoisotopic (exact) mass is 817 g/mol. The van der Waals surface area contributed by atoms with Crippen LogP contribution in [-0.4, -0.2) is 52.7 Å². The lowest BCUT2D eigenvalue weighted by molar-refractivity contribution is 0.188. The summed E-state index contributed by atoms with van der Waals surface area (Å²) in [5, 5.41) is -1.81. The second kappa shape index (κ2) is 13.4. The molecule has 2 heterocycles. The molecule has 0 aromatic heterocycles. The number of fused-ring (bicyclic) bond motifs is 9. The van der Waals surface area contributed by atoms with E-state index in [4.69, 9.17) is 39.2 Å². The van der Waals surface area contributed by atoms with Crippen molar-refractivity contribution in [2.45, 2.75) is 127 Å². The molecule has 0 N–H and O–H groups in total. The summed E-state index contributed by atoms with van der Waals surface area (Å²) >= 11 is 0. The number of nitrogens with zero attached hydrogens (tertiary/aromatic N) is 1. The third kappa shape index (κ3) is 5.78. The predicted octanol–water partition coefficient (Wildman–Crippen LogP) is 6.02. The maximum atomic E-state index is 7.64. The Morgan fingerprint density at radius 2 is 0.953 bits per heavy atom. The standard InChI is InChI=1S/C56H54B7N/c1-51(2,3)31-15-19-33(20-16-31)62-41-28-38-36(35-13-11-12-14-37(35)53(38,7)8)27-43(41)64-44-30-40-39(54(9)23-25-55(40,10)26-24-54)29-42(44)63(34-21-17-32(18-22-34)52(4,5)6)49-47(58)45(56(59,60)61)46(57)48(62)50(49)64/h11-22,27-30H,23-26H2,1-10H3. The first-order chi connectivity index (χ1) is 29.9. The highest BCUT2D eigenvalue weighted by atomic mass is 15.2. The molecule has 6 aromatic rings. The normalized spacial score (nSPS) is 21.2. The van der Waals surface area contributed by atoms with Crippen molar-refractivity contribution in [3.63, 3.8) is 0 Å². The minimum atomic E-state index is -1.81. The smallest absolute Gasteiger partial charge is 0.245 e. The van der Waals surface area contributed by atoms with Crippen molar-refractivity contribution in [3.05, 3.63) is 136 Å². The van der Waals surface area contributed by atoms with E-state index in [2.05, 4.69) is 171 Å². The molecule has 0 unspecified atom stereocenters. The van der Waals surface area contributed by atoms with Crippen LogP contribution in [0.15, 0.2) is 97.1 Å². The van der Waals surface area contributed by atoms with Crippen molar-refractivity contribution >= 4 is 113 Å². The Morgan fingerprint density at radius 3 is 1.42 bits per heavy atom. The van der Waals surface area contributed by atoms with Gasteiger partial charge in [-0.1, -0.05) is 193 Å². The molecule has 10 radical (unpaired) electrons. The zero-order valence-electron chi connectivity index (χ0n) is 39.6. The molecule has 304 valence electrons. The molecule has 1 saturated carbocycles. The Bertz CT molecular complexity index is 2970. The van der Waals surface area contributed by atoms with Gasteiger partial charge in [-0.15, -0.1) is 5.11 Å². The number of benzene rings is 6. The summed E-state index contributed by atoms with van der Waals surface area (Å²) in [6.07, 6.45) is 4.74. The lowest BCUT2D eigenvalue weighted by atomic mass is 9.26. The van der Waals surface area contributed by atoms with Gasteiger partial charge in [0.05, 0.1) is 23.5 Å². The van der Waals surface area contributed by atoms with Crippen molar-refractivity contribution < 1.29 is 0 Å². The topological polar surface area (TPSA) is 3.24 Å². The maximum absolute atomic E-state index is 7.64. The Labute approximate surface area is 390 Å². The average Bonchev–Trinajstić information content (AvgIpc) is 3.45. The fourth-order valence-electron chi connectivity index (χ4n) is 12.9. The molecule has 1 fully saturated rings. The van der Waals surface area contributed by atoms with Crippen LogP contribution in [-0.2, 0) is 32.2 Å². The number of rotatable bonds is 3. The molecule has 0 atom stereocenters. The molecule has 12 rings (SSSR count). The van der Waals surface area contributed by atoms with Crippen LogP contribution in [0.2, 0.25) is 0 Å². The average molecular weight is 817 g/mol. The molecule has 1 nitrogen and oxygen atoms in total. The van der Waals surface area contributed by atoms with Gasteiger partial charge in [0.2, 0.25) is 13.4 Å². The molecular formula is C56H54B7N. The second-order valence-electron chi connectivity index (χ2n) is 23.5. The SMILES string of the molecule is [B]c1c2c3c(c([B])c1C([B])([B])[B])B(c1ccc(C(C)(C)C)cc1)c1cc4c(cc1N3c1cc3c(cc1B2c1ccc(C(C)(C)C)cc1)C(C)(C)c1ccccc1-3)C1(C)CCC4(C)CC1. The van der Waals surface area contributed by atoms with Gasteiger partial charge in [0, 0.05) is 22.5 Å². The van der Waals surface area contributed by atoms with Crippen LogP contribution in [0.4, 0.5) is 17.1 Å². The van der Waals surface area contributed by atoms with E-state index in [1.807, 2.05) is 0 Å². The molecule has 0 spiro atoms. The molecule has 64 heavy (non-hydrogen) atoms. The lowest BCUT2D eigenvalue weighted by Crippen LogP contribution is -2.72.